The Morgan fingerprint density at radius 1 is 1.41 bits per heavy atom. The Bertz CT molecular complexity index is 1120. The smallest absolute Gasteiger partial charge is 0.413 e. The number of nitrogens with zero attached hydrogens (tertiary/aromatic N) is 3. The minimum atomic E-state index is -1.44. The topological polar surface area (TPSA) is 162 Å². The molecule has 1 saturated heterocycles. The van der Waals surface area contributed by atoms with Gasteiger partial charge >= 0.3 is 14.1 Å². The molecular formula is C21H27BClN5O7S2. The summed E-state index contributed by atoms with van der Waals surface area (Å²) < 4.78 is 22.5. The van der Waals surface area contributed by atoms with Crippen molar-refractivity contribution in [3.8, 4) is 0 Å². The van der Waals surface area contributed by atoms with Crippen molar-refractivity contribution in [3.05, 3.63) is 22.8 Å². The van der Waals surface area contributed by atoms with E-state index >= 15 is 0 Å². The number of β-lactam (4-membered cyclic amide) rings is 1. The van der Waals surface area contributed by atoms with E-state index in [1.807, 2.05) is 0 Å². The number of carbonyl (C=O) groups excluding carboxylic acids is 4. The first-order chi connectivity index (χ1) is 17.4. The number of thiazole rings is 1. The van der Waals surface area contributed by atoms with Crippen molar-refractivity contribution in [2.75, 3.05) is 23.5 Å². The van der Waals surface area contributed by atoms with E-state index in [1.54, 1.807) is 27.0 Å². The van der Waals surface area contributed by atoms with Crippen LogP contribution in [0.5, 0.6) is 0 Å². The molecule has 1 unspecified atom stereocenters. The van der Waals surface area contributed by atoms with E-state index in [9.17, 15) is 23.7 Å². The van der Waals surface area contributed by atoms with E-state index in [2.05, 4.69) is 25.3 Å². The third-order valence-electron chi connectivity index (χ3n) is 5.06. The summed E-state index contributed by atoms with van der Waals surface area (Å²) in [5, 5.41) is 6.11. The number of hydrogen-bond acceptors (Lipinski definition) is 10. The van der Waals surface area contributed by atoms with Crippen molar-refractivity contribution >= 4 is 76.9 Å². The summed E-state index contributed by atoms with van der Waals surface area (Å²) in [6, 6.07) is -1.00. The van der Waals surface area contributed by atoms with Gasteiger partial charge in [0.2, 0.25) is 5.37 Å². The highest BCUT2D eigenvalue weighted by Crippen LogP contribution is 2.32. The third kappa shape index (κ3) is 7.46. The summed E-state index contributed by atoms with van der Waals surface area (Å²) in [7, 11) is 1.28. The lowest BCUT2D eigenvalue weighted by molar-refractivity contribution is -0.144. The lowest BCUT2D eigenvalue weighted by Gasteiger charge is -2.47. The van der Waals surface area contributed by atoms with E-state index in [0.717, 1.165) is 11.3 Å². The highest BCUT2D eigenvalue weighted by molar-refractivity contribution is 7.92. The molecule has 3 heterocycles. The van der Waals surface area contributed by atoms with Gasteiger partial charge in [0.1, 0.15) is 22.8 Å². The van der Waals surface area contributed by atoms with Gasteiger partial charge in [-0.05, 0) is 38.4 Å². The van der Waals surface area contributed by atoms with Crippen LogP contribution in [0.3, 0.4) is 0 Å². The number of halogens is 1. The molecule has 12 nitrogen and oxygen atoms in total. The van der Waals surface area contributed by atoms with Crippen LogP contribution in [0.2, 0.25) is 0 Å². The van der Waals surface area contributed by atoms with Crippen LogP contribution in [0.4, 0.5) is 9.93 Å². The predicted octanol–water partition coefficient (Wildman–Crippen LogP) is 0.689. The fourth-order valence-electron chi connectivity index (χ4n) is 3.44. The number of aromatic nitrogens is 1. The molecule has 1 aromatic rings. The molecule has 0 spiro atoms. The summed E-state index contributed by atoms with van der Waals surface area (Å²) in [6.07, 6.45) is 1.27. The maximum atomic E-state index is 13.2. The predicted molar refractivity (Wildman–Crippen MR) is 142 cm³/mol. The first kappa shape index (κ1) is 28.9. The Labute approximate surface area is 226 Å². The Hall–Kier alpha value is -2.62. The van der Waals surface area contributed by atoms with Gasteiger partial charge in [-0.2, -0.15) is 0 Å². The minimum Gasteiger partial charge on any atom is -0.614 e. The average molecular weight is 572 g/mol. The van der Waals surface area contributed by atoms with Crippen LogP contribution in [0.1, 0.15) is 39.3 Å². The maximum absolute atomic E-state index is 13.2. The Balaban J connectivity index is 1.75. The monoisotopic (exact) mass is 571 g/mol. The van der Waals surface area contributed by atoms with E-state index in [0.29, 0.717) is 12.0 Å². The van der Waals surface area contributed by atoms with Crippen LogP contribution < -0.4 is 10.6 Å². The number of amides is 3. The second-order valence-electron chi connectivity index (χ2n) is 9.11. The number of anilines is 1. The number of fused-ring (bicyclic) bond motifs is 1. The maximum Gasteiger partial charge on any atom is 0.413 e. The molecule has 3 rings (SSSR count). The van der Waals surface area contributed by atoms with Crippen molar-refractivity contribution in [2.24, 2.45) is 4.99 Å². The van der Waals surface area contributed by atoms with Gasteiger partial charge in [-0.3, -0.25) is 29.6 Å². The lowest BCUT2D eigenvalue weighted by Crippen LogP contribution is -2.73. The number of ether oxygens (including phenoxy) is 1. The largest absolute Gasteiger partial charge is 0.614 e. The SMILES string of the molecule is BOC(=O)CCC/N=C(\C(=O)N[C@@H]1C(=O)N2C=C(CCl)C[S+]([O-])[C@H]12)c1csc(NC(=O)OC(C)(C)C)n1. The molecule has 0 aliphatic carbocycles. The number of hydrogen-bond donors (Lipinski definition) is 2. The summed E-state index contributed by atoms with van der Waals surface area (Å²) in [6.45, 7) is 5.26. The van der Waals surface area contributed by atoms with Gasteiger partial charge < -0.3 is 19.3 Å². The fourth-order valence-corrected chi connectivity index (χ4v) is 6.01. The van der Waals surface area contributed by atoms with Gasteiger partial charge in [-0.25, -0.2) is 9.78 Å². The molecule has 0 bridgehead atoms. The molecule has 200 valence electrons. The molecular weight excluding hydrogens is 545 g/mol. The molecule has 3 atom stereocenters. The summed E-state index contributed by atoms with van der Waals surface area (Å²) in [4.78, 5) is 59.2. The van der Waals surface area contributed by atoms with Crippen molar-refractivity contribution in [1.29, 1.82) is 0 Å². The molecule has 3 amide bonds. The van der Waals surface area contributed by atoms with Crippen LogP contribution in [0, 0.1) is 0 Å². The van der Waals surface area contributed by atoms with E-state index in [4.69, 9.17) is 16.3 Å². The quantitative estimate of drug-likeness (QED) is 0.109. The third-order valence-corrected chi connectivity index (χ3v) is 7.86. The molecule has 0 radical (unpaired) electrons. The van der Waals surface area contributed by atoms with E-state index < -0.39 is 52.1 Å². The van der Waals surface area contributed by atoms with Crippen molar-refractivity contribution in [2.45, 2.75) is 50.6 Å². The molecule has 2 aliphatic heterocycles. The first-order valence-electron chi connectivity index (χ1n) is 11.3. The number of rotatable bonds is 9. The van der Waals surface area contributed by atoms with Crippen LogP contribution in [-0.2, 0) is 35.0 Å². The molecule has 16 heteroatoms. The van der Waals surface area contributed by atoms with Crippen LogP contribution in [-0.4, -0.2) is 87.3 Å². The second-order valence-corrected chi connectivity index (χ2v) is 11.8. The van der Waals surface area contributed by atoms with Crippen molar-refractivity contribution in [1.82, 2.24) is 15.2 Å². The van der Waals surface area contributed by atoms with Gasteiger partial charge in [0, 0.05) is 36.0 Å². The molecule has 2 N–H and O–H groups in total. The standard InChI is InChI=1S/C21H27BClN5O7S2/c1-21(2,3)34-20(32)27-19-25-12(9-36-19)14(24-6-4-5-13(29)35-22)16(30)26-15-17(31)28-8-11(7-23)10-37(33)18(15)28/h8-9,15,18H,4-7,10,22H2,1-3H3,(H,26,30)(H,25,27,32)/b24-14-/t15-,18-,37?/m1/s1. The van der Waals surface area contributed by atoms with Crippen LogP contribution >= 0.6 is 22.9 Å². The van der Waals surface area contributed by atoms with E-state index in [-0.39, 0.29) is 41.1 Å². The Kier molecular flexibility index (Phi) is 9.61. The Morgan fingerprint density at radius 2 is 2.14 bits per heavy atom. The van der Waals surface area contributed by atoms with Gasteiger partial charge in [-0.1, -0.05) is 0 Å². The molecule has 0 saturated carbocycles. The van der Waals surface area contributed by atoms with Gasteiger partial charge in [0.05, 0.1) is 0 Å². The van der Waals surface area contributed by atoms with E-state index in [1.165, 1.54) is 18.3 Å². The van der Waals surface area contributed by atoms with Gasteiger partial charge in [0.15, 0.2) is 11.2 Å². The fraction of sp³-hybridized carbons (Fsp3) is 0.524. The van der Waals surface area contributed by atoms with Gasteiger partial charge in [-0.15, -0.1) is 22.9 Å². The zero-order valence-electron chi connectivity index (χ0n) is 20.7. The van der Waals surface area contributed by atoms with Crippen LogP contribution in [0.15, 0.2) is 22.1 Å². The Morgan fingerprint density at radius 3 is 2.78 bits per heavy atom. The molecule has 1 aromatic heterocycles. The number of aliphatic imine (C=N–C) groups is 1. The summed E-state index contributed by atoms with van der Waals surface area (Å²) >= 11 is 5.44. The second kappa shape index (κ2) is 12.3. The van der Waals surface area contributed by atoms with Gasteiger partial charge in [0.25, 0.3) is 17.8 Å². The summed E-state index contributed by atoms with van der Waals surface area (Å²) in [5.74, 6) is -1.16. The molecule has 0 aromatic carbocycles. The van der Waals surface area contributed by atoms with Crippen LogP contribution in [0.25, 0.3) is 0 Å². The lowest BCUT2D eigenvalue weighted by atomic mass is 10.1. The summed E-state index contributed by atoms with van der Waals surface area (Å²) in [5.41, 5.74) is 0.0283. The van der Waals surface area contributed by atoms with Crippen molar-refractivity contribution in [3.63, 3.8) is 0 Å². The zero-order valence-corrected chi connectivity index (χ0v) is 23.1. The number of alkyl halides is 1. The number of carbonyl (C=O) groups is 4. The first-order valence-corrected chi connectivity index (χ1v) is 14.1. The highest BCUT2D eigenvalue weighted by Gasteiger charge is 2.57. The zero-order chi connectivity index (χ0) is 27.3. The molecule has 2 aliphatic rings. The molecule has 37 heavy (non-hydrogen) atoms. The highest BCUT2D eigenvalue weighted by atomic mass is 35.5. The average Bonchev–Trinajstić information content (AvgIpc) is 3.27. The minimum absolute atomic E-state index is 0.0943. The normalized spacial score (nSPS) is 21.4. The molecule has 1 fully saturated rings. The van der Waals surface area contributed by atoms with Crippen molar-refractivity contribution < 1.29 is 33.1 Å². The number of nitrogens with one attached hydrogen (secondary N) is 2.